The van der Waals surface area contributed by atoms with Crippen molar-refractivity contribution in [1.29, 1.82) is 0 Å². The Hall–Kier alpha value is -0.580. The smallest absolute Gasteiger partial charge is 0.269 e. The molecule has 1 saturated carbocycles. The van der Waals surface area contributed by atoms with Crippen molar-refractivity contribution in [3.05, 3.63) is 0 Å². The zero-order chi connectivity index (χ0) is 15.5. The van der Waals surface area contributed by atoms with Crippen molar-refractivity contribution in [3.8, 4) is 0 Å². The predicted octanol–water partition coefficient (Wildman–Crippen LogP) is 1.59. The Morgan fingerprint density at radius 3 is 2.76 bits per heavy atom. The summed E-state index contributed by atoms with van der Waals surface area (Å²) in [4.78, 5) is 10.9. The van der Waals surface area contributed by atoms with Gasteiger partial charge in [-0.25, -0.2) is 13.1 Å². The van der Waals surface area contributed by atoms with Crippen LogP contribution in [-0.2, 0) is 14.8 Å². The third-order valence-electron chi connectivity index (χ3n) is 3.47. The monoisotopic (exact) mass is 396 g/mol. The maximum Gasteiger partial charge on any atom is 0.269 e. The van der Waals surface area contributed by atoms with E-state index in [-0.39, 0.29) is 15.4 Å². The van der Waals surface area contributed by atoms with Crippen LogP contribution in [0.1, 0.15) is 26.2 Å². The lowest BCUT2D eigenvalue weighted by atomic mass is 9.99. The number of carbonyl (C=O) groups is 1. The van der Waals surface area contributed by atoms with Gasteiger partial charge in [-0.15, -0.1) is 10.2 Å². The number of hydrogen-bond donors (Lipinski definition) is 2. The standard InChI is InChI=1S/C11H17BrN4O3S2/c1-7(17)14-10-15-16-11(20-10)21(18,19)13-6-9-4-2-3-8(9)5-12/h8-9,13H,2-6H2,1H3,(H,14,15,17). The molecule has 7 nitrogen and oxygen atoms in total. The van der Waals surface area contributed by atoms with Crippen LogP contribution in [0, 0.1) is 11.8 Å². The Morgan fingerprint density at radius 1 is 1.38 bits per heavy atom. The van der Waals surface area contributed by atoms with Crippen LogP contribution in [0.15, 0.2) is 4.34 Å². The van der Waals surface area contributed by atoms with Gasteiger partial charge in [0, 0.05) is 18.8 Å². The fourth-order valence-corrected chi connectivity index (χ4v) is 5.32. The van der Waals surface area contributed by atoms with Crippen molar-refractivity contribution in [2.45, 2.75) is 30.5 Å². The molecule has 1 aliphatic carbocycles. The SMILES string of the molecule is CC(=O)Nc1nnc(S(=O)(=O)NCC2CCCC2CBr)s1. The maximum absolute atomic E-state index is 12.2. The van der Waals surface area contributed by atoms with E-state index in [0.29, 0.717) is 18.4 Å². The molecule has 2 rings (SSSR count). The topological polar surface area (TPSA) is 101 Å². The van der Waals surface area contributed by atoms with Gasteiger partial charge in [0.05, 0.1) is 0 Å². The molecule has 0 bridgehead atoms. The molecular formula is C11H17BrN4O3S2. The lowest BCUT2D eigenvalue weighted by molar-refractivity contribution is -0.114. The quantitative estimate of drug-likeness (QED) is 0.561. The van der Waals surface area contributed by atoms with Crippen LogP contribution < -0.4 is 10.0 Å². The first-order valence-electron chi connectivity index (χ1n) is 6.59. The van der Waals surface area contributed by atoms with Crippen molar-refractivity contribution < 1.29 is 13.2 Å². The van der Waals surface area contributed by atoms with E-state index in [1.54, 1.807) is 0 Å². The first-order valence-corrected chi connectivity index (χ1v) is 10.0. The average Bonchev–Trinajstić information content (AvgIpc) is 3.04. The summed E-state index contributed by atoms with van der Waals surface area (Å²) in [5.41, 5.74) is 0. The Morgan fingerprint density at radius 2 is 2.10 bits per heavy atom. The van der Waals surface area contributed by atoms with Gasteiger partial charge in [0.15, 0.2) is 0 Å². The fourth-order valence-electron chi connectivity index (χ4n) is 2.38. The number of halogens is 1. The lowest BCUT2D eigenvalue weighted by Crippen LogP contribution is -2.31. The second kappa shape index (κ2) is 7.12. The zero-order valence-corrected chi connectivity index (χ0v) is 14.7. The van der Waals surface area contributed by atoms with Crippen LogP contribution in [0.25, 0.3) is 0 Å². The van der Waals surface area contributed by atoms with Gasteiger partial charge in [0.2, 0.25) is 15.4 Å². The van der Waals surface area contributed by atoms with Crippen LogP contribution in [0.3, 0.4) is 0 Å². The second-order valence-electron chi connectivity index (χ2n) is 5.01. The van der Waals surface area contributed by atoms with E-state index >= 15 is 0 Å². The highest BCUT2D eigenvalue weighted by molar-refractivity contribution is 9.09. The van der Waals surface area contributed by atoms with E-state index in [0.717, 1.165) is 35.9 Å². The Kier molecular flexibility index (Phi) is 5.69. The molecule has 118 valence electrons. The van der Waals surface area contributed by atoms with E-state index in [1.807, 2.05) is 0 Å². The number of alkyl halides is 1. The summed E-state index contributed by atoms with van der Waals surface area (Å²) in [5, 5.41) is 10.8. The summed E-state index contributed by atoms with van der Waals surface area (Å²) in [6, 6.07) is 0. The largest absolute Gasteiger partial charge is 0.301 e. The summed E-state index contributed by atoms with van der Waals surface area (Å²) < 4.78 is 26.8. The van der Waals surface area contributed by atoms with E-state index < -0.39 is 10.0 Å². The van der Waals surface area contributed by atoms with Crippen LogP contribution in [0.5, 0.6) is 0 Å². The predicted molar refractivity (Wildman–Crippen MR) is 84.0 cm³/mol. The Bertz CT molecular complexity index is 604. The van der Waals surface area contributed by atoms with Gasteiger partial charge in [-0.3, -0.25) is 4.79 Å². The molecule has 0 aliphatic heterocycles. The number of nitrogens with zero attached hydrogens (tertiary/aromatic N) is 2. The number of aromatic nitrogens is 2. The van der Waals surface area contributed by atoms with Gasteiger partial charge in [-0.1, -0.05) is 33.7 Å². The van der Waals surface area contributed by atoms with Gasteiger partial charge >= 0.3 is 0 Å². The summed E-state index contributed by atoms with van der Waals surface area (Å²) >= 11 is 4.31. The minimum absolute atomic E-state index is 0.125. The van der Waals surface area contributed by atoms with Crippen molar-refractivity contribution in [2.75, 3.05) is 17.2 Å². The molecule has 2 N–H and O–H groups in total. The van der Waals surface area contributed by atoms with Gasteiger partial charge in [0.25, 0.3) is 10.0 Å². The van der Waals surface area contributed by atoms with Crippen LogP contribution in [0.2, 0.25) is 0 Å². The highest BCUT2D eigenvalue weighted by Crippen LogP contribution is 2.32. The molecule has 1 aromatic rings. The molecule has 21 heavy (non-hydrogen) atoms. The highest BCUT2D eigenvalue weighted by Gasteiger charge is 2.29. The molecule has 2 unspecified atom stereocenters. The van der Waals surface area contributed by atoms with E-state index in [4.69, 9.17) is 0 Å². The van der Waals surface area contributed by atoms with Gasteiger partial charge < -0.3 is 5.32 Å². The van der Waals surface area contributed by atoms with Gasteiger partial charge in [-0.2, -0.15) is 0 Å². The van der Waals surface area contributed by atoms with Crippen molar-refractivity contribution in [1.82, 2.24) is 14.9 Å². The minimum atomic E-state index is -3.67. The fraction of sp³-hybridized carbons (Fsp3) is 0.727. The third-order valence-corrected chi connectivity index (χ3v) is 6.93. The average molecular weight is 397 g/mol. The number of amides is 1. The number of anilines is 1. The number of carbonyl (C=O) groups excluding carboxylic acids is 1. The van der Waals surface area contributed by atoms with Gasteiger partial charge in [-0.05, 0) is 24.7 Å². The summed E-state index contributed by atoms with van der Waals surface area (Å²) in [6.07, 6.45) is 3.29. The van der Waals surface area contributed by atoms with E-state index in [2.05, 4.69) is 36.2 Å². The molecule has 1 heterocycles. The molecule has 1 fully saturated rings. The number of nitrogens with one attached hydrogen (secondary N) is 2. The molecule has 1 aromatic heterocycles. The first-order chi connectivity index (χ1) is 9.92. The molecule has 0 radical (unpaired) electrons. The summed E-state index contributed by atoms with van der Waals surface area (Å²) in [5.74, 6) is 0.549. The van der Waals surface area contributed by atoms with E-state index in [9.17, 15) is 13.2 Å². The molecule has 0 aromatic carbocycles. The third kappa shape index (κ3) is 4.44. The Labute approximate surface area is 136 Å². The first kappa shape index (κ1) is 16.8. The van der Waals surface area contributed by atoms with Crippen LogP contribution >= 0.6 is 27.3 Å². The number of sulfonamides is 1. The normalized spacial score (nSPS) is 22.4. The summed E-state index contributed by atoms with van der Waals surface area (Å²) in [7, 11) is -3.67. The Balaban J connectivity index is 1.98. The molecule has 1 amide bonds. The summed E-state index contributed by atoms with van der Waals surface area (Å²) in [6.45, 7) is 1.74. The van der Waals surface area contributed by atoms with Crippen molar-refractivity contribution in [3.63, 3.8) is 0 Å². The minimum Gasteiger partial charge on any atom is -0.301 e. The van der Waals surface area contributed by atoms with Crippen molar-refractivity contribution in [2.24, 2.45) is 11.8 Å². The molecule has 1 aliphatic rings. The molecule has 10 heteroatoms. The highest BCUT2D eigenvalue weighted by atomic mass is 79.9. The zero-order valence-electron chi connectivity index (χ0n) is 11.5. The number of hydrogen-bond acceptors (Lipinski definition) is 6. The maximum atomic E-state index is 12.2. The molecular weight excluding hydrogens is 380 g/mol. The number of rotatable bonds is 6. The molecule has 0 spiro atoms. The lowest BCUT2D eigenvalue weighted by Gasteiger charge is -2.17. The molecule has 0 saturated heterocycles. The molecule has 2 atom stereocenters. The van der Waals surface area contributed by atoms with Crippen LogP contribution in [0.4, 0.5) is 5.13 Å². The van der Waals surface area contributed by atoms with Crippen molar-refractivity contribution >= 4 is 48.3 Å². The van der Waals surface area contributed by atoms with Crippen LogP contribution in [-0.4, -0.2) is 36.4 Å². The van der Waals surface area contributed by atoms with E-state index in [1.165, 1.54) is 6.92 Å². The van der Waals surface area contributed by atoms with Gasteiger partial charge in [0.1, 0.15) is 0 Å². The second-order valence-corrected chi connectivity index (χ2v) is 8.58.